The summed E-state index contributed by atoms with van der Waals surface area (Å²) >= 11 is 6.36. The Bertz CT molecular complexity index is 1810. The quantitative estimate of drug-likeness (QED) is 0.204. The van der Waals surface area contributed by atoms with Crippen LogP contribution in [0.2, 0.25) is 5.02 Å². The highest BCUT2D eigenvalue weighted by atomic mass is 35.5. The number of nitrogen functional groups attached to an aromatic ring is 1. The van der Waals surface area contributed by atoms with E-state index in [0.29, 0.717) is 54.8 Å². The Labute approximate surface area is 281 Å². The number of anilines is 2. The molecule has 2 aliphatic rings. The van der Waals surface area contributed by atoms with Crippen molar-refractivity contribution < 1.29 is 27.4 Å². The van der Waals surface area contributed by atoms with Crippen molar-refractivity contribution in [2.24, 2.45) is 5.41 Å². The normalized spacial score (nSPS) is 18.2. The topological polar surface area (TPSA) is 120 Å². The minimum atomic E-state index is -4.83. The summed E-state index contributed by atoms with van der Waals surface area (Å²) in [5.74, 6) is -0.387. The number of halogens is 4. The second kappa shape index (κ2) is 13.3. The van der Waals surface area contributed by atoms with E-state index in [9.17, 15) is 18.0 Å². The highest BCUT2D eigenvalue weighted by molar-refractivity contribution is 6.31. The van der Waals surface area contributed by atoms with Gasteiger partial charge in [0.15, 0.2) is 0 Å². The van der Waals surface area contributed by atoms with Gasteiger partial charge in [0, 0.05) is 42.5 Å². The molecule has 2 atom stereocenters. The largest absolute Gasteiger partial charge is 0.465 e. The summed E-state index contributed by atoms with van der Waals surface area (Å²) in [6, 6.07) is 12.9. The van der Waals surface area contributed by atoms with E-state index in [2.05, 4.69) is 20.4 Å². The zero-order chi connectivity index (χ0) is 34.2. The van der Waals surface area contributed by atoms with Crippen molar-refractivity contribution in [3.8, 4) is 22.7 Å². The molecule has 2 aliphatic heterocycles. The zero-order valence-corrected chi connectivity index (χ0v) is 27.6. The molecule has 2 aromatic carbocycles. The molecule has 3 N–H and O–H groups in total. The first-order chi connectivity index (χ1) is 22.8. The predicted molar refractivity (Wildman–Crippen MR) is 176 cm³/mol. The molecule has 0 bridgehead atoms. The molecular weight excluding hydrogens is 647 g/mol. The van der Waals surface area contributed by atoms with Crippen LogP contribution in [-0.4, -0.2) is 64.2 Å². The highest BCUT2D eigenvalue weighted by Gasteiger charge is 2.46. The fourth-order valence-electron chi connectivity index (χ4n) is 6.46. The molecular formula is C34H37ClF3N7O3. The first-order valence-corrected chi connectivity index (χ1v) is 16.2. The molecule has 2 saturated heterocycles. The molecule has 0 amide bonds. The van der Waals surface area contributed by atoms with Crippen molar-refractivity contribution in [3.63, 3.8) is 0 Å². The number of carbonyl (C=O) groups excluding carboxylic acids is 1. The van der Waals surface area contributed by atoms with E-state index in [1.54, 1.807) is 44.3 Å². The van der Waals surface area contributed by atoms with E-state index in [-0.39, 0.29) is 40.5 Å². The number of ether oxygens (including phenoxy) is 2. The van der Waals surface area contributed by atoms with Gasteiger partial charge >= 0.3 is 12.1 Å². The van der Waals surface area contributed by atoms with Crippen molar-refractivity contribution in [1.82, 2.24) is 25.1 Å². The average molecular weight is 684 g/mol. The van der Waals surface area contributed by atoms with Crippen molar-refractivity contribution in [1.29, 1.82) is 0 Å². The Morgan fingerprint density at radius 1 is 1.10 bits per heavy atom. The molecule has 4 aromatic rings. The molecule has 254 valence electrons. The Hall–Kier alpha value is -4.36. The van der Waals surface area contributed by atoms with Crippen LogP contribution in [0.4, 0.5) is 24.9 Å². The average Bonchev–Trinajstić information content (AvgIpc) is 3.67. The van der Waals surface area contributed by atoms with Gasteiger partial charge in [-0.25, -0.2) is 4.68 Å². The number of hydrogen-bond acceptors (Lipinski definition) is 9. The number of nitrogens with two attached hydrogens (primary N) is 1. The summed E-state index contributed by atoms with van der Waals surface area (Å²) < 4.78 is 56.9. The van der Waals surface area contributed by atoms with Gasteiger partial charge in [-0.1, -0.05) is 35.9 Å². The van der Waals surface area contributed by atoms with Crippen LogP contribution in [0.15, 0.2) is 54.7 Å². The number of aryl methyl sites for hydroxylation is 2. The van der Waals surface area contributed by atoms with Gasteiger partial charge in [-0.2, -0.15) is 28.2 Å². The minimum Gasteiger partial charge on any atom is -0.465 e. The van der Waals surface area contributed by atoms with Gasteiger partial charge in [-0.15, -0.1) is 0 Å². The third-order valence-corrected chi connectivity index (χ3v) is 9.52. The maximum Gasteiger partial charge on any atom is 0.429 e. The molecule has 0 unspecified atom stereocenters. The van der Waals surface area contributed by atoms with Crippen LogP contribution in [0.1, 0.15) is 49.1 Å². The maximum absolute atomic E-state index is 14.9. The van der Waals surface area contributed by atoms with E-state index >= 15 is 0 Å². The van der Waals surface area contributed by atoms with Crippen LogP contribution in [-0.2, 0) is 9.53 Å². The van der Waals surface area contributed by atoms with E-state index < -0.39 is 12.3 Å². The van der Waals surface area contributed by atoms with Gasteiger partial charge in [0.2, 0.25) is 17.9 Å². The fourth-order valence-corrected chi connectivity index (χ4v) is 6.64. The Morgan fingerprint density at radius 2 is 1.83 bits per heavy atom. The van der Waals surface area contributed by atoms with Crippen molar-refractivity contribution in [3.05, 3.63) is 76.6 Å². The molecule has 0 aliphatic carbocycles. The van der Waals surface area contributed by atoms with Crippen LogP contribution >= 0.6 is 11.6 Å². The number of nitrogens with one attached hydrogen (secondary N) is 1. The molecule has 0 saturated carbocycles. The second-order valence-corrected chi connectivity index (χ2v) is 12.9. The lowest BCUT2D eigenvalue weighted by molar-refractivity contribution is -0.198. The lowest BCUT2D eigenvalue weighted by Gasteiger charge is -2.39. The van der Waals surface area contributed by atoms with Crippen LogP contribution in [0.25, 0.3) is 16.8 Å². The summed E-state index contributed by atoms with van der Waals surface area (Å²) in [5.41, 5.74) is 8.90. The van der Waals surface area contributed by atoms with E-state index in [1.807, 2.05) is 24.0 Å². The number of rotatable bonds is 8. The Morgan fingerprint density at radius 3 is 2.50 bits per heavy atom. The number of aromatic nitrogens is 4. The molecule has 1 spiro atoms. The lowest BCUT2D eigenvalue weighted by Crippen LogP contribution is -2.41. The van der Waals surface area contributed by atoms with E-state index in [0.717, 1.165) is 24.0 Å². The number of alkyl halides is 3. The highest BCUT2D eigenvalue weighted by Crippen LogP contribution is 2.43. The van der Waals surface area contributed by atoms with Crippen LogP contribution in [0.5, 0.6) is 5.88 Å². The van der Waals surface area contributed by atoms with Gasteiger partial charge in [0.25, 0.3) is 0 Å². The second-order valence-electron chi connectivity index (χ2n) is 12.5. The standard InChI is InChI=1S/C34H37ClF3N7O3/c1-4-47-31(46)26-18-33(19-40-26)10-13-44(14-11-33)28-17-29(42-32(39)41-28)48-30(34(36,37)38)24-8-7-23(22-6-5-20(2)25(35)15-22)16-27(24)45-12-9-21(3)43-45/h5-9,12,15-17,26,30,40H,4,10-11,13-14,18-19H2,1-3H3,(H2,39,41,42)/t26-,30+/m0/s1. The van der Waals surface area contributed by atoms with Crippen LogP contribution in [0.3, 0.4) is 0 Å². The molecule has 6 rings (SSSR count). The SMILES string of the molecule is CCOC(=O)[C@@H]1CC2(CCN(c3cc(O[C@H](c4ccc(-c5ccc(C)c(Cl)c5)cc4-n4ccc(C)n4)C(F)(F)F)nc(N)n3)CC2)CN1. The molecule has 4 heterocycles. The predicted octanol–water partition coefficient (Wildman–Crippen LogP) is 6.38. The minimum absolute atomic E-state index is 0.0788. The van der Waals surface area contributed by atoms with Gasteiger partial charge in [-0.3, -0.25) is 4.79 Å². The zero-order valence-electron chi connectivity index (χ0n) is 26.9. The van der Waals surface area contributed by atoms with Gasteiger partial charge < -0.3 is 25.4 Å². The molecule has 2 aromatic heterocycles. The fraction of sp³-hybridized carbons (Fsp3) is 0.412. The smallest absolute Gasteiger partial charge is 0.429 e. The van der Waals surface area contributed by atoms with E-state index in [1.165, 1.54) is 16.8 Å². The summed E-state index contributed by atoms with van der Waals surface area (Å²) in [6.07, 6.45) is -3.44. The number of hydrogen-bond donors (Lipinski definition) is 2. The molecule has 48 heavy (non-hydrogen) atoms. The number of carbonyl (C=O) groups is 1. The van der Waals surface area contributed by atoms with Crippen molar-refractivity contribution >= 4 is 29.3 Å². The van der Waals surface area contributed by atoms with Gasteiger partial charge in [-0.05, 0) is 80.3 Å². The summed E-state index contributed by atoms with van der Waals surface area (Å²) in [4.78, 5) is 22.6. The number of benzene rings is 2. The maximum atomic E-state index is 14.9. The summed E-state index contributed by atoms with van der Waals surface area (Å²) in [6.45, 7) is 7.57. The van der Waals surface area contributed by atoms with E-state index in [4.69, 9.17) is 26.8 Å². The third-order valence-electron chi connectivity index (χ3n) is 9.11. The Balaban J connectivity index is 1.28. The van der Waals surface area contributed by atoms with Gasteiger partial charge in [0.05, 0.1) is 18.0 Å². The third kappa shape index (κ3) is 7.07. The van der Waals surface area contributed by atoms with Crippen molar-refractivity contribution in [2.45, 2.75) is 58.4 Å². The molecule has 14 heteroatoms. The molecule has 2 fully saturated rings. The lowest BCUT2D eigenvalue weighted by atomic mass is 9.76. The van der Waals surface area contributed by atoms with Crippen molar-refractivity contribution in [2.75, 3.05) is 36.9 Å². The first kappa shape index (κ1) is 33.5. The summed E-state index contributed by atoms with van der Waals surface area (Å²) in [7, 11) is 0. The summed E-state index contributed by atoms with van der Waals surface area (Å²) in [5, 5.41) is 8.24. The Kier molecular flexibility index (Phi) is 9.27. The number of nitrogens with zero attached hydrogens (tertiary/aromatic N) is 5. The number of piperidine rings is 1. The molecule has 0 radical (unpaired) electrons. The molecule has 10 nitrogen and oxygen atoms in total. The van der Waals surface area contributed by atoms with Gasteiger partial charge in [0.1, 0.15) is 11.9 Å². The monoisotopic (exact) mass is 683 g/mol. The first-order valence-electron chi connectivity index (χ1n) is 15.8. The number of esters is 1. The van der Waals surface area contributed by atoms with Crippen LogP contribution < -0.4 is 20.7 Å². The van der Waals surface area contributed by atoms with Crippen LogP contribution in [0, 0.1) is 19.3 Å².